The molecule has 0 saturated heterocycles. The number of hydrogen-bond donors (Lipinski definition) is 1. The lowest BCUT2D eigenvalue weighted by Gasteiger charge is -2.36. The van der Waals surface area contributed by atoms with Gasteiger partial charge in [-0.2, -0.15) is 13.2 Å². The van der Waals surface area contributed by atoms with Gasteiger partial charge in [0.25, 0.3) is 0 Å². The van der Waals surface area contributed by atoms with Gasteiger partial charge in [0, 0.05) is 18.6 Å². The lowest BCUT2D eigenvalue weighted by molar-refractivity contribution is -0.138. The highest BCUT2D eigenvalue weighted by Crippen LogP contribution is 2.34. The molecule has 1 aliphatic rings. The van der Waals surface area contributed by atoms with E-state index < -0.39 is 11.7 Å². The molecule has 118 valence electrons. The van der Waals surface area contributed by atoms with Crippen LogP contribution in [0.2, 0.25) is 0 Å². The molecule has 2 nitrogen and oxygen atoms in total. The third kappa shape index (κ3) is 3.77. The summed E-state index contributed by atoms with van der Waals surface area (Å²) < 4.78 is 38.8. The topological polar surface area (TPSA) is 15.3 Å². The van der Waals surface area contributed by atoms with Crippen LogP contribution < -0.4 is 5.32 Å². The molecule has 0 atom stereocenters. The number of nitrogens with zero attached hydrogens (tertiary/aromatic N) is 1. The van der Waals surface area contributed by atoms with Crippen molar-refractivity contribution in [2.45, 2.75) is 43.9 Å². The quantitative estimate of drug-likeness (QED) is 0.892. The summed E-state index contributed by atoms with van der Waals surface area (Å²) in [7, 11) is 4.10. The van der Waals surface area contributed by atoms with Gasteiger partial charge in [-0.1, -0.05) is 31.0 Å². The van der Waals surface area contributed by atoms with Crippen molar-refractivity contribution in [2.24, 2.45) is 0 Å². The number of rotatable bonds is 5. The fourth-order valence-electron chi connectivity index (χ4n) is 3.20. The van der Waals surface area contributed by atoms with E-state index in [1.807, 2.05) is 0 Å². The van der Waals surface area contributed by atoms with Gasteiger partial charge in [0.2, 0.25) is 0 Å². The van der Waals surface area contributed by atoms with Gasteiger partial charge < -0.3 is 10.2 Å². The average molecular weight is 300 g/mol. The largest absolute Gasteiger partial charge is 0.416 e. The van der Waals surface area contributed by atoms with Crippen molar-refractivity contribution >= 4 is 0 Å². The standard InChI is InChI=1S/C16H23F3N2/c1-21(2)15(9-5-6-10-15)12-20-11-13-7-3-4-8-14(13)16(17,18)19/h3-4,7-8,20H,5-6,9-12H2,1-2H3. The first-order valence-electron chi connectivity index (χ1n) is 7.38. The van der Waals surface area contributed by atoms with E-state index in [4.69, 9.17) is 0 Å². The lowest BCUT2D eigenvalue weighted by Crippen LogP contribution is -2.49. The molecule has 1 fully saturated rings. The highest BCUT2D eigenvalue weighted by molar-refractivity contribution is 5.29. The smallest absolute Gasteiger partial charge is 0.311 e. The molecule has 0 amide bonds. The van der Waals surface area contributed by atoms with Crippen LogP contribution in [0.3, 0.4) is 0 Å². The molecular formula is C16H23F3N2. The fraction of sp³-hybridized carbons (Fsp3) is 0.625. The molecule has 0 aromatic heterocycles. The first-order chi connectivity index (χ1) is 9.85. The van der Waals surface area contributed by atoms with E-state index in [1.54, 1.807) is 12.1 Å². The van der Waals surface area contributed by atoms with Crippen LogP contribution in [0.1, 0.15) is 36.8 Å². The van der Waals surface area contributed by atoms with Gasteiger partial charge in [-0.15, -0.1) is 0 Å². The molecule has 1 aromatic rings. The predicted molar refractivity (Wildman–Crippen MR) is 78.0 cm³/mol. The highest BCUT2D eigenvalue weighted by atomic mass is 19.4. The summed E-state index contributed by atoms with van der Waals surface area (Å²) in [6.07, 6.45) is 0.310. The molecule has 2 rings (SSSR count). The first-order valence-corrected chi connectivity index (χ1v) is 7.38. The lowest BCUT2D eigenvalue weighted by atomic mass is 9.95. The molecule has 0 aliphatic heterocycles. The molecule has 1 aromatic carbocycles. The number of benzene rings is 1. The Bertz CT molecular complexity index is 463. The Morgan fingerprint density at radius 1 is 1.14 bits per heavy atom. The van der Waals surface area contributed by atoms with Crippen molar-refractivity contribution in [1.29, 1.82) is 0 Å². The van der Waals surface area contributed by atoms with Crippen LogP contribution in [0.25, 0.3) is 0 Å². The van der Waals surface area contributed by atoms with Crippen molar-refractivity contribution in [1.82, 2.24) is 10.2 Å². The molecule has 5 heteroatoms. The normalized spacial score (nSPS) is 18.4. The number of likely N-dealkylation sites (N-methyl/N-ethyl adjacent to an activating group) is 1. The molecule has 21 heavy (non-hydrogen) atoms. The van der Waals surface area contributed by atoms with Crippen LogP contribution in [-0.2, 0) is 12.7 Å². The first kappa shape index (κ1) is 16.3. The second-order valence-corrected chi connectivity index (χ2v) is 6.08. The molecule has 0 heterocycles. The van der Waals surface area contributed by atoms with E-state index in [-0.39, 0.29) is 12.1 Å². The van der Waals surface area contributed by atoms with E-state index in [2.05, 4.69) is 24.3 Å². The van der Waals surface area contributed by atoms with Crippen LogP contribution in [0.15, 0.2) is 24.3 Å². The van der Waals surface area contributed by atoms with Crippen LogP contribution in [0, 0.1) is 0 Å². The number of halogens is 3. The van der Waals surface area contributed by atoms with Gasteiger partial charge >= 0.3 is 6.18 Å². The minimum absolute atomic E-state index is 0.0905. The fourth-order valence-corrected chi connectivity index (χ4v) is 3.20. The molecule has 0 spiro atoms. The molecular weight excluding hydrogens is 277 g/mol. The third-order valence-corrected chi connectivity index (χ3v) is 4.58. The van der Waals surface area contributed by atoms with Crippen molar-refractivity contribution < 1.29 is 13.2 Å². The van der Waals surface area contributed by atoms with E-state index in [0.717, 1.165) is 25.5 Å². The Morgan fingerprint density at radius 2 is 1.76 bits per heavy atom. The summed E-state index contributed by atoms with van der Waals surface area (Å²) in [5, 5.41) is 3.24. The summed E-state index contributed by atoms with van der Waals surface area (Å²) in [6, 6.07) is 5.79. The van der Waals surface area contributed by atoms with Crippen molar-refractivity contribution in [3.8, 4) is 0 Å². The zero-order valence-electron chi connectivity index (χ0n) is 12.6. The second-order valence-electron chi connectivity index (χ2n) is 6.08. The van der Waals surface area contributed by atoms with E-state index in [9.17, 15) is 13.2 Å². The number of alkyl halides is 3. The van der Waals surface area contributed by atoms with E-state index >= 15 is 0 Å². The molecule has 0 unspecified atom stereocenters. The molecule has 0 radical (unpaired) electrons. The monoisotopic (exact) mass is 300 g/mol. The maximum Gasteiger partial charge on any atom is 0.416 e. The minimum atomic E-state index is -4.29. The Hall–Kier alpha value is -1.07. The maximum absolute atomic E-state index is 12.9. The minimum Gasteiger partial charge on any atom is -0.311 e. The summed E-state index contributed by atoms with van der Waals surface area (Å²) in [5.41, 5.74) is -0.132. The Balaban J connectivity index is 2.01. The maximum atomic E-state index is 12.9. The Kier molecular flexibility index (Phi) is 4.94. The number of hydrogen-bond acceptors (Lipinski definition) is 2. The zero-order chi connectivity index (χ0) is 15.5. The van der Waals surface area contributed by atoms with Crippen molar-refractivity contribution in [3.63, 3.8) is 0 Å². The third-order valence-electron chi connectivity index (χ3n) is 4.58. The van der Waals surface area contributed by atoms with Gasteiger partial charge in [-0.3, -0.25) is 0 Å². The summed E-state index contributed by atoms with van der Waals surface area (Å²) in [6.45, 7) is 0.984. The Labute approximate surface area is 124 Å². The summed E-state index contributed by atoms with van der Waals surface area (Å²) >= 11 is 0. The summed E-state index contributed by atoms with van der Waals surface area (Å²) in [4.78, 5) is 2.21. The molecule has 1 N–H and O–H groups in total. The van der Waals surface area contributed by atoms with Crippen molar-refractivity contribution in [2.75, 3.05) is 20.6 Å². The van der Waals surface area contributed by atoms with Gasteiger partial charge in [0.15, 0.2) is 0 Å². The van der Waals surface area contributed by atoms with Gasteiger partial charge in [0.1, 0.15) is 0 Å². The molecule has 1 saturated carbocycles. The highest BCUT2D eigenvalue weighted by Gasteiger charge is 2.36. The van der Waals surface area contributed by atoms with Crippen LogP contribution in [0.5, 0.6) is 0 Å². The van der Waals surface area contributed by atoms with Gasteiger partial charge in [0.05, 0.1) is 5.56 Å². The molecule has 1 aliphatic carbocycles. The predicted octanol–water partition coefficient (Wildman–Crippen LogP) is 3.67. The van der Waals surface area contributed by atoms with Gasteiger partial charge in [-0.25, -0.2) is 0 Å². The summed E-state index contributed by atoms with van der Waals surface area (Å²) in [5.74, 6) is 0. The van der Waals surface area contributed by atoms with E-state index in [0.29, 0.717) is 5.56 Å². The van der Waals surface area contributed by atoms with Crippen LogP contribution >= 0.6 is 0 Å². The van der Waals surface area contributed by atoms with Crippen molar-refractivity contribution in [3.05, 3.63) is 35.4 Å². The van der Waals surface area contributed by atoms with E-state index in [1.165, 1.54) is 18.9 Å². The average Bonchev–Trinajstić information content (AvgIpc) is 2.88. The number of nitrogens with one attached hydrogen (secondary N) is 1. The Morgan fingerprint density at radius 3 is 2.33 bits per heavy atom. The van der Waals surface area contributed by atoms with Crippen LogP contribution in [-0.4, -0.2) is 31.1 Å². The van der Waals surface area contributed by atoms with Gasteiger partial charge in [-0.05, 0) is 38.6 Å². The van der Waals surface area contributed by atoms with Crippen LogP contribution in [0.4, 0.5) is 13.2 Å². The zero-order valence-corrected chi connectivity index (χ0v) is 12.6. The molecule has 0 bridgehead atoms. The SMILES string of the molecule is CN(C)C1(CNCc2ccccc2C(F)(F)F)CCCC1. The second kappa shape index (κ2) is 6.36.